The topological polar surface area (TPSA) is 33.2 Å². The van der Waals surface area contributed by atoms with Gasteiger partial charge in [0.05, 0.1) is 5.56 Å². The van der Waals surface area contributed by atoms with E-state index in [9.17, 15) is 4.79 Å². The van der Waals surface area contributed by atoms with E-state index in [4.69, 9.17) is 0 Å². The van der Waals surface area contributed by atoms with Gasteiger partial charge in [0, 0.05) is 18.9 Å². The molecule has 0 aliphatic carbocycles. The molecule has 19 heavy (non-hydrogen) atoms. The zero-order valence-corrected chi connectivity index (χ0v) is 12.7. The largest absolute Gasteiger partial charge is 0.311 e. The highest BCUT2D eigenvalue weighted by Gasteiger charge is 2.16. The first-order valence-corrected chi connectivity index (χ1v) is 6.75. The van der Waals surface area contributed by atoms with Gasteiger partial charge in [-0.3, -0.25) is 4.79 Å². The molecule has 2 rings (SSSR count). The summed E-state index contributed by atoms with van der Waals surface area (Å²) in [5.41, 5.74) is 3.72. The molecule has 0 spiro atoms. The molecule has 4 heteroatoms. The number of hydrogen-bond acceptors (Lipinski definition) is 2. The highest BCUT2D eigenvalue weighted by Crippen LogP contribution is 2.21. The zero-order chi connectivity index (χ0) is 14.0. The SMILES string of the molecule is Cc1cc(C)cc(N(C)C(=O)c2cccnc2Br)c1. The Hall–Kier alpha value is -1.68. The molecule has 98 valence electrons. The van der Waals surface area contributed by atoms with Gasteiger partial charge in [0.2, 0.25) is 0 Å². The molecule has 3 nitrogen and oxygen atoms in total. The van der Waals surface area contributed by atoms with Crippen molar-refractivity contribution in [2.75, 3.05) is 11.9 Å². The van der Waals surface area contributed by atoms with Crippen LogP contribution in [0.4, 0.5) is 5.69 Å². The van der Waals surface area contributed by atoms with Gasteiger partial charge in [0.15, 0.2) is 0 Å². The number of benzene rings is 1. The molecule has 2 aromatic rings. The number of anilines is 1. The summed E-state index contributed by atoms with van der Waals surface area (Å²) in [6.07, 6.45) is 1.65. The van der Waals surface area contributed by atoms with E-state index < -0.39 is 0 Å². The van der Waals surface area contributed by atoms with Crippen molar-refractivity contribution in [2.24, 2.45) is 0 Å². The maximum Gasteiger partial charge on any atom is 0.260 e. The summed E-state index contributed by atoms with van der Waals surface area (Å²) in [5.74, 6) is -0.0787. The van der Waals surface area contributed by atoms with Crippen LogP contribution in [0.3, 0.4) is 0 Å². The third kappa shape index (κ3) is 3.01. The van der Waals surface area contributed by atoms with Crippen molar-refractivity contribution >= 4 is 27.5 Å². The van der Waals surface area contributed by atoms with E-state index in [0.717, 1.165) is 16.8 Å². The molecular formula is C15H15BrN2O. The van der Waals surface area contributed by atoms with E-state index in [1.165, 1.54) is 0 Å². The lowest BCUT2D eigenvalue weighted by Crippen LogP contribution is -2.26. The number of amides is 1. The van der Waals surface area contributed by atoms with E-state index in [1.54, 1.807) is 30.3 Å². The van der Waals surface area contributed by atoms with Gasteiger partial charge in [-0.2, -0.15) is 0 Å². The molecule has 0 aliphatic heterocycles. The third-order valence-electron chi connectivity index (χ3n) is 2.89. The minimum absolute atomic E-state index is 0.0787. The number of nitrogens with zero attached hydrogens (tertiary/aromatic N) is 2. The van der Waals surface area contributed by atoms with Gasteiger partial charge < -0.3 is 4.90 Å². The zero-order valence-electron chi connectivity index (χ0n) is 11.1. The summed E-state index contributed by atoms with van der Waals surface area (Å²) in [6.45, 7) is 4.05. The molecule has 0 unspecified atom stereocenters. The summed E-state index contributed by atoms with van der Waals surface area (Å²) in [6, 6.07) is 9.60. The summed E-state index contributed by atoms with van der Waals surface area (Å²) < 4.78 is 0.566. The number of halogens is 1. The second kappa shape index (κ2) is 5.53. The van der Waals surface area contributed by atoms with Crippen molar-refractivity contribution in [1.29, 1.82) is 0 Å². The minimum atomic E-state index is -0.0787. The van der Waals surface area contributed by atoms with Crippen LogP contribution in [0.15, 0.2) is 41.1 Å². The van der Waals surface area contributed by atoms with E-state index >= 15 is 0 Å². The van der Waals surface area contributed by atoms with Crippen LogP contribution in [-0.4, -0.2) is 17.9 Å². The highest BCUT2D eigenvalue weighted by atomic mass is 79.9. The maximum absolute atomic E-state index is 12.4. The minimum Gasteiger partial charge on any atom is -0.311 e. The predicted molar refractivity (Wildman–Crippen MR) is 80.6 cm³/mol. The lowest BCUT2D eigenvalue weighted by atomic mass is 10.1. The lowest BCUT2D eigenvalue weighted by molar-refractivity contribution is 0.0992. The van der Waals surface area contributed by atoms with E-state index in [2.05, 4.69) is 27.0 Å². The van der Waals surface area contributed by atoms with Crippen LogP contribution in [0.1, 0.15) is 21.5 Å². The molecule has 0 atom stereocenters. The smallest absolute Gasteiger partial charge is 0.260 e. The monoisotopic (exact) mass is 318 g/mol. The highest BCUT2D eigenvalue weighted by molar-refractivity contribution is 9.10. The number of aromatic nitrogens is 1. The first-order valence-electron chi connectivity index (χ1n) is 5.96. The second-order valence-electron chi connectivity index (χ2n) is 4.55. The molecule has 1 aromatic heterocycles. The molecule has 1 aromatic carbocycles. The van der Waals surface area contributed by atoms with Gasteiger partial charge >= 0.3 is 0 Å². The van der Waals surface area contributed by atoms with Gasteiger partial charge in [-0.15, -0.1) is 0 Å². The van der Waals surface area contributed by atoms with Crippen LogP contribution in [0, 0.1) is 13.8 Å². The molecular weight excluding hydrogens is 304 g/mol. The average Bonchev–Trinajstić information content (AvgIpc) is 2.36. The third-order valence-corrected chi connectivity index (χ3v) is 3.52. The van der Waals surface area contributed by atoms with Gasteiger partial charge in [0.1, 0.15) is 4.60 Å². The number of hydrogen-bond donors (Lipinski definition) is 0. The van der Waals surface area contributed by atoms with Crippen molar-refractivity contribution in [1.82, 2.24) is 4.98 Å². The van der Waals surface area contributed by atoms with E-state index in [0.29, 0.717) is 10.2 Å². The number of carbonyl (C=O) groups is 1. The molecule has 0 bridgehead atoms. The standard InChI is InChI=1S/C15H15BrN2O/c1-10-7-11(2)9-12(8-10)18(3)15(19)13-5-4-6-17-14(13)16/h4-9H,1-3H3. The van der Waals surface area contributed by atoms with E-state index in [-0.39, 0.29) is 5.91 Å². The van der Waals surface area contributed by atoms with Gasteiger partial charge in [0.25, 0.3) is 5.91 Å². The van der Waals surface area contributed by atoms with Crippen LogP contribution >= 0.6 is 15.9 Å². The van der Waals surface area contributed by atoms with Crippen molar-refractivity contribution in [3.05, 3.63) is 57.8 Å². The lowest BCUT2D eigenvalue weighted by Gasteiger charge is -2.19. The van der Waals surface area contributed by atoms with Crippen LogP contribution in [-0.2, 0) is 0 Å². The normalized spacial score (nSPS) is 10.3. The molecule has 1 amide bonds. The van der Waals surface area contributed by atoms with Gasteiger partial charge in [-0.25, -0.2) is 4.98 Å². The Kier molecular flexibility index (Phi) is 4.00. The van der Waals surface area contributed by atoms with Crippen molar-refractivity contribution < 1.29 is 4.79 Å². The molecule has 0 saturated carbocycles. The predicted octanol–water partition coefficient (Wildman–Crippen LogP) is 3.74. The Labute approximate surface area is 121 Å². The van der Waals surface area contributed by atoms with Crippen LogP contribution < -0.4 is 4.90 Å². The Bertz CT molecular complexity index is 605. The fourth-order valence-electron chi connectivity index (χ4n) is 1.99. The quantitative estimate of drug-likeness (QED) is 0.790. The number of aryl methyl sites for hydroxylation is 2. The molecule has 1 heterocycles. The van der Waals surface area contributed by atoms with E-state index in [1.807, 2.05) is 26.0 Å². The van der Waals surface area contributed by atoms with Gasteiger partial charge in [-0.05, 0) is 65.2 Å². The number of pyridine rings is 1. The molecule has 0 aliphatic rings. The fourth-order valence-corrected chi connectivity index (χ4v) is 2.41. The summed E-state index contributed by atoms with van der Waals surface area (Å²) >= 11 is 3.31. The van der Waals surface area contributed by atoms with Crippen molar-refractivity contribution in [2.45, 2.75) is 13.8 Å². The maximum atomic E-state index is 12.4. The van der Waals surface area contributed by atoms with Crippen LogP contribution in [0.2, 0.25) is 0 Å². The summed E-state index contributed by atoms with van der Waals surface area (Å²) in [5, 5.41) is 0. The van der Waals surface area contributed by atoms with Crippen molar-refractivity contribution in [3.63, 3.8) is 0 Å². The number of carbonyl (C=O) groups excluding carboxylic acids is 1. The Balaban J connectivity index is 2.36. The molecule has 0 saturated heterocycles. The Morgan fingerprint density at radius 2 is 1.84 bits per heavy atom. The first kappa shape index (κ1) is 13.7. The number of rotatable bonds is 2. The van der Waals surface area contributed by atoms with Crippen LogP contribution in [0.25, 0.3) is 0 Å². The Morgan fingerprint density at radius 1 is 1.21 bits per heavy atom. The molecule has 0 N–H and O–H groups in total. The molecule has 0 fully saturated rings. The Morgan fingerprint density at radius 3 is 2.42 bits per heavy atom. The molecule has 0 radical (unpaired) electrons. The summed E-state index contributed by atoms with van der Waals surface area (Å²) in [7, 11) is 1.77. The average molecular weight is 319 g/mol. The van der Waals surface area contributed by atoms with Crippen LogP contribution in [0.5, 0.6) is 0 Å². The van der Waals surface area contributed by atoms with Gasteiger partial charge in [-0.1, -0.05) is 6.07 Å². The second-order valence-corrected chi connectivity index (χ2v) is 5.30. The van der Waals surface area contributed by atoms with Crippen molar-refractivity contribution in [3.8, 4) is 0 Å². The fraction of sp³-hybridized carbons (Fsp3) is 0.200. The summed E-state index contributed by atoms with van der Waals surface area (Å²) in [4.78, 5) is 18.2. The first-order chi connectivity index (χ1) is 8.99.